The summed E-state index contributed by atoms with van der Waals surface area (Å²) in [6.07, 6.45) is 10.2. The first kappa shape index (κ1) is 103. The van der Waals surface area contributed by atoms with Crippen LogP contribution in [0.25, 0.3) is 55.6 Å². The van der Waals surface area contributed by atoms with Gasteiger partial charge >= 0.3 is 36.2 Å². The summed E-state index contributed by atoms with van der Waals surface area (Å²) in [5.74, 6) is -15.7. The van der Waals surface area contributed by atoms with Crippen LogP contribution in [-0.4, -0.2) is 114 Å². The number of benzene rings is 10. The first-order valence-electron chi connectivity index (χ1n) is 44.2. The van der Waals surface area contributed by atoms with E-state index >= 15 is 0 Å². The Hall–Kier alpha value is -17.4. The zero-order chi connectivity index (χ0) is 104. The van der Waals surface area contributed by atoms with Gasteiger partial charge in [0.2, 0.25) is 0 Å². The lowest BCUT2D eigenvalue weighted by molar-refractivity contribution is -0.274. The molecule has 4 aliphatic rings. The first-order valence-corrected chi connectivity index (χ1v) is 44.6. The number of hydrogen-bond acceptors (Lipinski definition) is 20. The lowest BCUT2D eigenvalue weighted by Crippen LogP contribution is -2.17. The maximum absolute atomic E-state index is 14.8. The second kappa shape index (κ2) is 44.8. The topological polar surface area (TPSA) is 357 Å². The Morgan fingerprint density at radius 2 is 0.644 bits per heavy atom. The van der Waals surface area contributed by atoms with Crippen molar-refractivity contribution < 1.29 is 135 Å². The summed E-state index contributed by atoms with van der Waals surface area (Å²) in [7, 11) is 4.40. The van der Waals surface area contributed by atoms with Crippen LogP contribution in [0.2, 0.25) is 5.02 Å². The van der Waals surface area contributed by atoms with Crippen LogP contribution >= 0.6 is 11.6 Å². The Bertz CT molecular complexity index is 7480. The minimum atomic E-state index is -4.91. The molecule has 748 valence electrons. The van der Waals surface area contributed by atoms with Gasteiger partial charge in [-0.25, -0.2) is 97.2 Å². The highest BCUT2D eigenvalue weighted by atomic mass is 35.5. The Labute approximate surface area is 825 Å². The number of aromatic nitrogens is 5. The molecule has 4 saturated carbocycles. The van der Waals surface area contributed by atoms with Crippen molar-refractivity contribution in [1.82, 2.24) is 24.9 Å². The molecule has 5 heterocycles. The van der Waals surface area contributed by atoms with Crippen LogP contribution in [-0.2, 0) is 0 Å². The van der Waals surface area contributed by atoms with Crippen LogP contribution < -0.4 is 50.3 Å². The van der Waals surface area contributed by atoms with Crippen LogP contribution in [0.5, 0.6) is 28.7 Å². The molecule has 10 aromatic carbocycles. The maximum atomic E-state index is 14.8. The molecule has 40 heteroatoms. The van der Waals surface area contributed by atoms with E-state index in [2.05, 4.69) is 56.2 Å². The van der Waals surface area contributed by atoms with E-state index in [-0.39, 0.29) is 107 Å². The van der Waals surface area contributed by atoms with E-state index < -0.39 is 129 Å². The number of carboxylic acids is 5. The number of aromatic carboxylic acids is 5. The zero-order valence-electron chi connectivity index (χ0n) is 76.3. The van der Waals surface area contributed by atoms with Crippen molar-refractivity contribution in [3.63, 3.8) is 0 Å². The average molecular weight is 2030 g/mol. The van der Waals surface area contributed by atoms with Crippen molar-refractivity contribution in [2.45, 2.75) is 81.6 Å². The number of carboxylic acid groups (broad SMARTS) is 5. The number of pyridine rings is 5. The monoisotopic (exact) mass is 2030 g/mol. The van der Waals surface area contributed by atoms with E-state index in [9.17, 15) is 106 Å². The summed E-state index contributed by atoms with van der Waals surface area (Å²) in [6, 6.07) is 48.8. The number of carbonyl (C=O) groups is 5. The van der Waals surface area contributed by atoms with Gasteiger partial charge in [0.1, 0.15) is 155 Å². The summed E-state index contributed by atoms with van der Waals surface area (Å²) in [4.78, 5) is 77.2. The van der Waals surface area contributed by atoms with Crippen LogP contribution in [0.4, 0.5) is 119 Å². The van der Waals surface area contributed by atoms with Crippen molar-refractivity contribution in [2.75, 3.05) is 47.9 Å². The third-order valence-electron chi connectivity index (χ3n) is 22.8. The minimum Gasteiger partial charge on any atom is -0.497 e. The molecular formula is C106H79ClF14N10O15. The molecule has 15 aromatic rings. The molecule has 0 bridgehead atoms. The largest absolute Gasteiger partial charge is 0.573 e. The van der Waals surface area contributed by atoms with Crippen LogP contribution in [0, 0.1) is 64.0 Å². The van der Waals surface area contributed by atoms with E-state index in [1.54, 1.807) is 91.3 Å². The van der Waals surface area contributed by atoms with E-state index in [0.29, 0.717) is 62.7 Å². The average Bonchev–Trinajstić information content (AvgIpc) is 1.59. The highest BCUT2D eigenvalue weighted by Gasteiger charge is 2.34. The summed E-state index contributed by atoms with van der Waals surface area (Å²) in [5.41, 5.74) is 1.13. The van der Waals surface area contributed by atoms with Crippen LogP contribution in [0.3, 0.4) is 0 Å². The fraction of sp³-hybridized carbons (Fsp3) is 0.151. The summed E-state index contributed by atoms with van der Waals surface area (Å²) < 4.78 is 223. The predicted molar refractivity (Wildman–Crippen MR) is 512 cm³/mol. The van der Waals surface area contributed by atoms with Gasteiger partial charge in [0, 0.05) is 48.2 Å². The molecule has 0 spiro atoms. The van der Waals surface area contributed by atoms with Crippen molar-refractivity contribution in [1.29, 1.82) is 0 Å². The van der Waals surface area contributed by atoms with Crippen molar-refractivity contribution in [3.8, 4) is 84.4 Å². The summed E-state index contributed by atoms with van der Waals surface area (Å²) in [5, 5.41) is 59.0. The standard InChI is InChI=1S/C24H20F2N2O3.C22H15F5N2O3.C22H18F2N2O3.C19H13ClF2N2O3.C19H13F3N2O3/c25-20-10-15(14-2-1-3-18(8-14)31-17-6-7-17)11-21(26)22(20)28-23-19(24(29)30)9-16(12-27-23)13-4-5-13;23-17-8-13(12-2-1-3-15(6-12)32-22(25,26)27)9-18(24)19(17)29-20-16(21(30)31)7-14(10-28-20)11-4-5-11;1-29-15-4-2-3-13(7-15)16-9-19(24)20(10-18(16)23)26-21-17(22(27)28)8-14(11-25-21)12-5-6-12;1-27-13-4-2-3-10(5-13)11-6-15(21)17(16(22)7-11)24-18-14(19(25)26)8-12(20)9-23-18;1-27-11-5-2-4-10(8-11)13-9-14(20)17(16(22)15(13)21)24-18-12(19(25)26)6-3-7-23-18/h1-3,8-13,17H,4-7H2,(H,27,28)(H,29,30);1-3,6-11H,4-5H2,(H,28,29)(H,30,31);2-4,7-12H,5-6H2,1H3,(H,25,26)(H,27,28);2*2-9H,1H3,(H,23,24)(H,25,26). The lowest BCUT2D eigenvalue weighted by Gasteiger charge is -2.14. The predicted octanol–water partition coefficient (Wildman–Crippen LogP) is 27.2. The van der Waals surface area contributed by atoms with E-state index in [4.69, 9.17) is 35.7 Å². The second-order valence-corrected chi connectivity index (χ2v) is 33.6. The van der Waals surface area contributed by atoms with Gasteiger partial charge in [0.25, 0.3) is 0 Å². The fourth-order valence-corrected chi connectivity index (χ4v) is 15.0. The SMILES string of the molecule is COc1cccc(-c2cc(F)c(Nc3ncc(C4CC4)cc3C(=O)O)cc2F)c1.COc1cccc(-c2cc(F)c(Nc3ncc(Cl)cc3C(=O)O)c(F)c2)c1.COc1cccc(-c2cc(F)c(Nc3ncccc3C(=O)O)c(F)c2F)c1.O=C(O)c1cc(C2CC2)cnc1Nc1c(F)cc(-c2cccc(OC(F)(F)F)c2)cc1F.O=C(O)c1cc(C2CC2)cnc1Nc1c(F)cc(-c2cccc(OC3CC3)c2)cc1F. The van der Waals surface area contributed by atoms with Crippen molar-refractivity contribution in [2.24, 2.45) is 0 Å². The summed E-state index contributed by atoms with van der Waals surface area (Å²) >= 11 is 5.73. The number of alkyl halides is 3. The lowest BCUT2D eigenvalue weighted by atomic mass is 10.0. The molecule has 10 N–H and O–H groups in total. The van der Waals surface area contributed by atoms with Crippen LogP contribution in [0.15, 0.2) is 243 Å². The van der Waals surface area contributed by atoms with E-state index in [1.807, 2.05) is 6.07 Å². The molecule has 0 atom stereocenters. The molecule has 4 fully saturated rings. The molecular weight excluding hydrogens is 1950 g/mol. The number of rotatable bonds is 29. The molecule has 146 heavy (non-hydrogen) atoms. The molecule has 0 unspecified atom stereocenters. The Morgan fingerprint density at radius 3 is 1.03 bits per heavy atom. The normalized spacial score (nSPS) is 12.8. The molecule has 4 aliphatic carbocycles. The van der Waals surface area contributed by atoms with E-state index in [0.717, 1.165) is 129 Å². The Kier molecular flexibility index (Phi) is 31.6. The molecule has 0 radical (unpaired) electrons. The summed E-state index contributed by atoms with van der Waals surface area (Å²) in [6.45, 7) is 0. The van der Waals surface area contributed by atoms with Gasteiger partial charge in [-0.2, -0.15) is 0 Å². The number of nitrogens with one attached hydrogen (secondary N) is 5. The number of ether oxygens (including phenoxy) is 5. The second-order valence-electron chi connectivity index (χ2n) is 33.2. The number of nitrogens with zero attached hydrogens (tertiary/aromatic N) is 5. The van der Waals surface area contributed by atoms with Crippen molar-refractivity contribution >= 4 is 99.0 Å². The number of methoxy groups -OCH3 is 3. The fourth-order valence-electron chi connectivity index (χ4n) is 14.9. The third kappa shape index (κ3) is 25.7. The van der Waals surface area contributed by atoms with Gasteiger partial charge in [-0.05, 0) is 276 Å². The van der Waals surface area contributed by atoms with Gasteiger partial charge in [-0.1, -0.05) is 72.3 Å². The van der Waals surface area contributed by atoms with E-state index in [1.165, 1.54) is 107 Å². The molecule has 25 nitrogen and oxygen atoms in total. The van der Waals surface area contributed by atoms with Gasteiger partial charge in [-0.15, -0.1) is 13.2 Å². The molecule has 19 rings (SSSR count). The van der Waals surface area contributed by atoms with Gasteiger partial charge in [-0.3, -0.25) is 0 Å². The number of halogens is 15. The molecule has 0 saturated heterocycles. The van der Waals surface area contributed by atoms with Crippen molar-refractivity contribution in [3.05, 3.63) is 357 Å². The highest BCUT2D eigenvalue weighted by Crippen LogP contribution is 2.46. The third-order valence-corrected chi connectivity index (χ3v) is 23.0. The molecule has 5 aromatic heterocycles. The molecule has 0 aliphatic heterocycles. The van der Waals surface area contributed by atoms with Gasteiger partial charge in [0.15, 0.2) is 17.5 Å². The number of hydrogen-bond donors (Lipinski definition) is 10. The van der Waals surface area contributed by atoms with Gasteiger partial charge in [0.05, 0.1) is 38.1 Å². The first-order chi connectivity index (χ1) is 69.8. The highest BCUT2D eigenvalue weighted by molar-refractivity contribution is 6.31. The minimum absolute atomic E-state index is 0.0330. The Morgan fingerprint density at radius 1 is 0.315 bits per heavy atom. The molecule has 0 amide bonds. The van der Waals surface area contributed by atoms with Crippen LogP contribution in [0.1, 0.15) is 138 Å². The van der Waals surface area contributed by atoms with Gasteiger partial charge < -0.3 is 75.8 Å². The Balaban J connectivity index is 0.000000137. The maximum Gasteiger partial charge on any atom is 0.573 e. The zero-order valence-corrected chi connectivity index (χ0v) is 77.0. The number of anilines is 10. The quantitative estimate of drug-likeness (QED) is 0.0154. The smallest absolute Gasteiger partial charge is 0.497 e.